The van der Waals surface area contributed by atoms with E-state index in [4.69, 9.17) is 4.74 Å². The van der Waals surface area contributed by atoms with E-state index in [0.717, 1.165) is 25.8 Å². The fourth-order valence-corrected chi connectivity index (χ4v) is 6.77. The second-order valence-corrected chi connectivity index (χ2v) is 15.6. The lowest BCUT2D eigenvalue weighted by molar-refractivity contribution is -0.146. The fraction of sp³-hybridized carbons (Fsp3) is 0.806. The zero-order valence-electron chi connectivity index (χ0n) is 31.1. The second-order valence-electron chi connectivity index (χ2n) is 15.6. The molecule has 2 rings (SSSR count). The molecule has 47 heavy (non-hydrogen) atoms. The van der Waals surface area contributed by atoms with Gasteiger partial charge in [0.25, 0.3) is 0 Å². The molecule has 4 amide bonds. The Morgan fingerprint density at radius 3 is 2.02 bits per heavy atom. The maximum atomic E-state index is 14.2. The van der Waals surface area contributed by atoms with Gasteiger partial charge in [-0.3, -0.25) is 24.1 Å². The van der Waals surface area contributed by atoms with E-state index in [1.165, 1.54) is 7.11 Å². The zero-order chi connectivity index (χ0) is 35.8. The van der Waals surface area contributed by atoms with E-state index in [-0.39, 0.29) is 47.5 Å². The van der Waals surface area contributed by atoms with Crippen molar-refractivity contribution in [2.24, 2.45) is 17.3 Å². The first-order valence-electron chi connectivity index (χ1n) is 17.5. The molecule has 2 aliphatic heterocycles. The number of carbonyl (C=O) groups is 5. The molecule has 0 aromatic rings. The molecule has 11 heteroatoms. The third-order valence-electron chi connectivity index (χ3n) is 9.47. The number of amides is 4. The van der Waals surface area contributed by atoms with Gasteiger partial charge in [0.05, 0.1) is 19.2 Å². The Balaban J connectivity index is 2.27. The number of nitrogens with one attached hydrogen (secondary N) is 2. The van der Waals surface area contributed by atoms with Crippen LogP contribution in [0.5, 0.6) is 0 Å². The van der Waals surface area contributed by atoms with Gasteiger partial charge in [0.15, 0.2) is 0 Å². The van der Waals surface area contributed by atoms with Gasteiger partial charge in [-0.05, 0) is 76.7 Å². The summed E-state index contributed by atoms with van der Waals surface area (Å²) < 4.78 is 4.90. The molecule has 0 saturated carbocycles. The van der Waals surface area contributed by atoms with Gasteiger partial charge in [-0.15, -0.1) is 0 Å². The fourth-order valence-electron chi connectivity index (χ4n) is 6.77. The van der Waals surface area contributed by atoms with Crippen LogP contribution in [0.2, 0.25) is 0 Å². The van der Waals surface area contributed by atoms with Crippen LogP contribution in [0.25, 0.3) is 0 Å². The van der Waals surface area contributed by atoms with Gasteiger partial charge in [-0.1, -0.05) is 61.0 Å². The van der Waals surface area contributed by atoms with Crippen LogP contribution in [-0.2, 0) is 28.7 Å². The zero-order valence-corrected chi connectivity index (χ0v) is 31.1. The molecule has 0 aliphatic carbocycles. The Morgan fingerprint density at radius 2 is 1.49 bits per heavy atom. The highest BCUT2D eigenvalue weighted by atomic mass is 16.5. The summed E-state index contributed by atoms with van der Waals surface area (Å²) >= 11 is 0. The average molecular weight is 662 g/mol. The first-order chi connectivity index (χ1) is 21.8. The van der Waals surface area contributed by atoms with Crippen molar-refractivity contribution in [2.45, 2.75) is 144 Å². The topological polar surface area (TPSA) is 128 Å². The van der Waals surface area contributed by atoms with E-state index in [1.807, 2.05) is 48.5 Å². The summed E-state index contributed by atoms with van der Waals surface area (Å²) in [6, 6.07) is -2.72. The Hall–Kier alpha value is -2.95. The van der Waals surface area contributed by atoms with Crippen LogP contribution >= 0.6 is 0 Å². The summed E-state index contributed by atoms with van der Waals surface area (Å²) in [5.41, 5.74) is -0.122. The predicted octanol–water partition coefficient (Wildman–Crippen LogP) is 3.90. The Bertz CT molecular complexity index is 1140. The van der Waals surface area contributed by atoms with E-state index >= 15 is 0 Å². The summed E-state index contributed by atoms with van der Waals surface area (Å²) in [5.74, 6) is -1.37. The molecular weight excluding hydrogens is 598 g/mol. The molecule has 2 unspecified atom stereocenters. The molecule has 2 N–H and O–H groups in total. The van der Waals surface area contributed by atoms with Crippen LogP contribution in [-0.4, -0.2) is 108 Å². The molecule has 0 radical (unpaired) electrons. The van der Waals surface area contributed by atoms with Crippen molar-refractivity contribution in [1.29, 1.82) is 0 Å². The summed E-state index contributed by atoms with van der Waals surface area (Å²) in [5, 5.41) is 5.93. The number of likely N-dealkylation sites (N-methyl/N-ethyl adjacent to an activating group) is 1. The molecule has 0 bridgehead atoms. The van der Waals surface area contributed by atoms with E-state index in [9.17, 15) is 24.0 Å². The van der Waals surface area contributed by atoms with E-state index in [1.54, 1.807) is 29.8 Å². The Morgan fingerprint density at radius 1 is 0.894 bits per heavy atom. The molecule has 0 aromatic carbocycles. The molecular formula is C36H63N5O6. The first kappa shape index (κ1) is 40.2. The number of hydrogen-bond acceptors (Lipinski definition) is 7. The minimum absolute atomic E-state index is 0.0349. The van der Waals surface area contributed by atoms with Gasteiger partial charge in [-0.25, -0.2) is 4.79 Å². The summed E-state index contributed by atoms with van der Waals surface area (Å²) in [7, 11) is 3.02. The van der Waals surface area contributed by atoms with Gasteiger partial charge in [0.1, 0.15) is 18.1 Å². The molecule has 2 heterocycles. The lowest BCUT2D eigenvalue weighted by Gasteiger charge is -2.41. The molecule has 2 saturated heterocycles. The number of methoxy groups -OCH3 is 1. The van der Waals surface area contributed by atoms with Gasteiger partial charge in [0, 0.05) is 25.2 Å². The quantitative estimate of drug-likeness (QED) is 0.226. The third-order valence-corrected chi connectivity index (χ3v) is 9.47. The maximum absolute atomic E-state index is 14.2. The summed E-state index contributed by atoms with van der Waals surface area (Å²) in [6.07, 6.45) is 6.19. The minimum Gasteiger partial charge on any atom is -0.467 e. The number of nitrogens with zero attached hydrogens (tertiary/aromatic N) is 3. The monoisotopic (exact) mass is 661 g/mol. The smallest absolute Gasteiger partial charge is 0.328 e. The van der Waals surface area contributed by atoms with Crippen molar-refractivity contribution in [3.63, 3.8) is 0 Å². The highest BCUT2D eigenvalue weighted by molar-refractivity contribution is 5.98. The van der Waals surface area contributed by atoms with Crippen molar-refractivity contribution in [1.82, 2.24) is 25.3 Å². The van der Waals surface area contributed by atoms with Crippen molar-refractivity contribution < 1.29 is 28.7 Å². The number of piperidine rings is 1. The predicted molar refractivity (Wildman–Crippen MR) is 184 cm³/mol. The van der Waals surface area contributed by atoms with E-state index < -0.39 is 35.6 Å². The third kappa shape index (κ3) is 10.8. The maximum Gasteiger partial charge on any atom is 0.328 e. The van der Waals surface area contributed by atoms with Crippen LogP contribution < -0.4 is 10.6 Å². The molecule has 2 aliphatic rings. The lowest BCUT2D eigenvalue weighted by atomic mass is 9.84. The van der Waals surface area contributed by atoms with Crippen LogP contribution in [0.3, 0.4) is 0 Å². The number of esters is 1. The summed E-state index contributed by atoms with van der Waals surface area (Å²) in [6.45, 7) is 20.9. The number of carbonyl (C=O) groups excluding carboxylic acids is 5. The van der Waals surface area contributed by atoms with E-state index in [2.05, 4.69) is 29.4 Å². The van der Waals surface area contributed by atoms with Gasteiger partial charge >= 0.3 is 5.97 Å². The number of rotatable bonds is 13. The van der Waals surface area contributed by atoms with Crippen LogP contribution in [0, 0.1) is 17.3 Å². The van der Waals surface area contributed by atoms with Crippen LogP contribution in [0.4, 0.5) is 0 Å². The van der Waals surface area contributed by atoms with Gasteiger partial charge < -0.3 is 25.2 Å². The highest BCUT2D eigenvalue weighted by Gasteiger charge is 2.41. The SMILES string of the molecule is COC(=O)C(CC(C)C)NC(=O)[C@@H]1CCCN1C(=O)C(C)=CC(C(C)C)N(C)C(=O)[C@@H](NC(=O)[C@H]1CCCCN1C(C)C)C(C)(C)C. The highest BCUT2D eigenvalue weighted by Crippen LogP contribution is 2.27. The Kier molecular flexibility index (Phi) is 14.9. The summed E-state index contributed by atoms with van der Waals surface area (Å²) in [4.78, 5) is 72.7. The number of ether oxygens (including phenoxy) is 1. The first-order valence-corrected chi connectivity index (χ1v) is 17.5. The normalized spacial score (nSPS) is 21.4. The molecule has 2 fully saturated rings. The minimum atomic E-state index is -0.783. The largest absolute Gasteiger partial charge is 0.467 e. The van der Waals surface area contributed by atoms with E-state index in [0.29, 0.717) is 31.4 Å². The van der Waals surface area contributed by atoms with Gasteiger partial charge in [-0.2, -0.15) is 0 Å². The van der Waals surface area contributed by atoms with Gasteiger partial charge in [0.2, 0.25) is 23.6 Å². The Labute approximate surface area is 283 Å². The second kappa shape index (κ2) is 17.4. The lowest BCUT2D eigenvalue weighted by Crippen LogP contribution is -2.60. The molecule has 5 atom stereocenters. The average Bonchev–Trinajstić information content (AvgIpc) is 3.49. The number of likely N-dealkylation sites (tertiary alicyclic amines) is 2. The molecule has 0 aromatic heterocycles. The van der Waals surface area contributed by atoms with Crippen molar-refractivity contribution >= 4 is 29.6 Å². The van der Waals surface area contributed by atoms with Crippen LogP contribution in [0.15, 0.2) is 11.6 Å². The van der Waals surface area contributed by atoms with Crippen molar-refractivity contribution in [3.8, 4) is 0 Å². The van der Waals surface area contributed by atoms with Crippen molar-refractivity contribution in [2.75, 3.05) is 27.2 Å². The number of hydrogen-bond donors (Lipinski definition) is 2. The van der Waals surface area contributed by atoms with Crippen molar-refractivity contribution in [3.05, 3.63) is 11.6 Å². The molecule has 0 spiro atoms. The molecule has 11 nitrogen and oxygen atoms in total. The van der Waals surface area contributed by atoms with Crippen LogP contribution in [0.1, 0.15) is 108 Å². The standard InChI is InChI=1S/C36H63N5O6/c1-22(2)20-26(35(46)47-12)37-31(42)28-17-15-19-41(28)33(44)25(7)21-29(23(3)4)39(11)34(45)30(36(8,9)10)38-32(43)27-16-13-14-18-40(27)24(5)6/h21-24,26-30H,13-20H2,1-12H3,(H,37,42)(H,38,43)/t26?,27-,28+,29?,30-/m1/s1. The molecule has 268 valence electrons.